The highest BCUT2D eigenvalue weighted by Gasteiger charge is 2.31. The Balaban J connectivity index is 1.94. The van der Waals surface area contributed by atoms with Crippen LogP contribution in [0.15, 0.2) is 85.5 Å². The minimum atomic E-state index is -3.49. The summed E-state index contributed by atoms with van der Waals surface area (Å²) in [6, 6.07) is 18.6. The summed E-state index contributed by atoms with van der Waals surface area (Å²) in [6.07, 6.45) is 8.15. The fourth-order valence-electron chi connectivity index (χ4n) is 3.78. The number of aromatic nitrogens is 4. The lowest BCUT2D eigenvalue weighted by atomic mass is 9.78. The van der Waals surface area contributed by atoms with Crippen molar-refractivity contribution in [2.75, 3.05) is 18.1 Å². The Bertz CT molecular complexity index is 1280. The highest BCUT2D eigenvalue weighted by atomic mass is 32.2. The normalized spacial score (nSPS) is 12.3. The smallest absolute Gasteiger partial charge is 0.230 e. The summed E-state index contributed by atoms with van der Waals surface area (Å²) in [6.45, 7) is 0. The molecule has 4 rings (SSSR count). The molecule has 168 valence electrons. The van der Waals surface area contributed by atoms with Crippen molar-refractivity contribution in [3.8, 4) is 5.88 Å². The zero-order valence-electron chi connectivity index (χ0n) is 18.2. The minimum Gasteiger partial charge on any atom is -0.481 e. The van der Waals surface area contributed by atoms with E-state index in [0.29, 0.717) is 11.6 Å². The summed E-state index contributed by atoms with van der Waals surface area (Å²) >= 11 is 0. The molecule has 0 aliphatic rings. The standard InChI is InChI=1S/C24H23N5O3S/c1-32-22-12-4-10-20(28-22)24(19-9-3-11-21(27-19)29-33(2,30)31)23(17-7-5-13-25-15-17)18-8-6-14-26-16-18/h3-16,23-24H,1-2H3,(H,27,29)/t24-/m0/s1. The van der Waals surface area contributed by atoms with Crippen molar-refractivity contribution in [3.05, 3.63) is 108 Å². The molecule has 1 atom stereocenters. The van der Waals surface area contributed by atoms with E-state index in [1.807, 2.05) is 54.9 Å². The number of nitrogens with zero attached hydrogens (tertiary/aromatic N) is 4. The van der Waals surface area contributed by atoms with Crippen LogP contribution >= 0.6 is 0 Å². The summed E-state index contributed by atoms with van der Waals surface area (Å²) in [7, 11) is -1.92. The second kappa shape index (κ2) is 9.74. The van der Waals surface area contributed by atoms with Gasteiger partial charge in [-0.25, -0.2) is 18.4 Å². The number of hydrogen-bond donors (Lipinski definition) is 1. The molecule has 0 saturated heterocycles. The number of anilines is 1. The van der Waals surface area contributed by atoms with Crippen molar-refractivity contribution < 1.29 is 13.2 Å². The van der Waals surface area contributed by atoms with Crippen LogP contribution in [0.25, 0.3) is 0 Å². The molecule has 1 N–H and O–H groups in total. The highest BCUT2D eigenvalue weighted by molar-refractivity contribution is 7.92. The van der Waals surface area contributed by atoms with E-state index < -0.39 is 10.0 Å². The molecule has 0 radical (unpaired) electrons. The number of nitrogens with one attached hydrogen (secondary N) is 1. The number of ether oxygens (including phenoxy) is 1. The Labute approximate surface area is 192 Å². The number of sulfonamides is 1. The van der Waals surface area contributed by atoms with Crippen molar-refractivity contribution in [2.45, 2.75) is 11.8 Å². The topological polar surface area (TPSA) is 107 Å². The Kier molecular flexibility index (Phi) is 6.60. The summed E-state index contributed by atoms with van der Waals surface area (Å²) in [5.41, 5.74) is 3.25. The molecule has 0 spiro atoms. The van der Waals surface area contributed by atoms with Crippen LogP contribution < -0.4 is 9.46 Å². The third-order valence-electron chi connectivity index (χ3n) is 5.07. The first-order chi connectivity index (χ1) is 15.9. The van der Waals surface area contributed by atoms with E-state index in [0.717, 1.165) is 23.1 Å². The van der Waals surface area contributed by atoms with Gasteiger partial charge >= 0.3 is 0 Å². The summed E-state index contributed by atoms with van der Waals surface area (Å²) < 4.78 is 31.5. The van der Waals surface area contributed by atoms with Gasteiger partial charge in [0.25, 0.3) is 0 Å². The minimum absolute atomic E-state index is 0.235. The van der Waals surface area contributed by atoms with Gasteiger partial charge in [0.15, 0.2) is 0 Å². The van der Waals surface area contributed by atoms with E-state index in [4.69, 9.17) is 9.72 Å². The summed E-state index contributed by atoms with van der Waals surface area (Å²) in [4.78, 5) is 18.0. The molecule has 33 heavy (non-hydrogen) atoms. The molecular weight excluding hydrogens is 438 g/mol. The van der Waals surface area contributed by atoms with Gasteiger partial charge in [-0.3, -0.25) is 14.7 Å². The maximum Gasteiger partial charge on any atom is 0.230 e. The first-order valence-electron chi connectivity index (χ1n) is 10.2. The Morgan fingerprint density at radius 1 is 0.788 bits per heavy atom. The van der Waals surface area contributed by atoms with Gasteiger partial charge in [0.05, 0.1) is 30.7 Å². The van der Waals surface area contributed by atoms with Crippen LogP contribution in [-0.4, -0.2) is 41.7 Å². The molecule has 0 saturated carbocycles. The van der Waals surface area contributed by atoms with Crippen molar-refractivity contribution in [2.24, 2.45) is 0 Å². The molecule has 0 aliphatic heterocycles. The molecule has 0 aliphatic carbocycles. The molecule has 0 bridgehead atoms. The molecular formula is C24H23N5O3S. The van der Waals surface area contributed by atoms with Gasteiger partial charge in [-0.05, 0) is 41.5 Å². The van der Waals surface area contributed by atoms with E-state index in [9.17, 15) is 8.42 Å². The van der Waals surface area contributed by atoms with Gasteiger partial charge < -0.3 is 4.74 Å². The molecule has 4 heterocycles. The molecule has 0 unspecified atom stereocenters. The van der Waals surface area contributed by atoms with Gasteiger partial charge in [-0.2, -0.15) is 0 Å². The van der Waals surface area contributed by atoms with Gasteiger partial charge in [-0.15, -0.1) is 0 Å². The van der Waals surface area contributed by atoms with E-state index in [1.54, 1.807) is 37.7 Å². The van der Waals surface area contributed by atoms with E-state index in [1.165, 1.54) is 0 Å². The SMILES string of the molecule is COc1cccc([C@H](c2cccc(NS(C)(=O)=O)n2)C(c2cccnc2)c2cccnc2)n1. The number of hydrogen-bond acceptors (Lipinski definition) is 7. The van der Waals surface area contributed by atoms with Crippen LogP contribution in [0.1, 0.15) is 34.4 Å². The third kappa shape index (κ3) is 5.50. The second-order valence-corrected chi connectivity index (χ2v) is 9.20. The highest BCUT2D eigenvalue weighted by Crippen LogP contribution is 2.41. The van der Waals surface area contributed by atoms with Crippen molar-refractivity contribution in [3.63, 3.8) is 0 Å². The predicted molar refractivity (Wildman–Crippen MR) is 126 cm³/mol. The maximum atomic E-state index is 11.8. The first kappa shape index (κ1) is 22.3. The average molecular weight is 462 g/mol. The molecule has 4 aromatic heterocycles. The fraction of sp³-hybridized carbons (Fsp3) is 0.167. The average Bonchev–Trinajstić information content (AvgIpc) is 2.82. The molecule has 0 aromatic carbocycles. The second-order valence-electron chi connectivity index (χ2n) is 7.45. The fourth-order valence-corrected chi connectivity index (χ4v) is 4.27. The Morgan fingerprint density at radius 2 is 1.39 bits per heavy atom. The molecule has 4 aromatic rings. The lowest BCUT2D eigenvalue weighted by Gasteiger charge is -2.27. The van der Waals surface area contributed by atoms with Gasteiger partial charge in [0.1, 0.15) is 5.82 Å². The van der Waals surface area contributed by atoms with Gasteiger partial charge in [0.2, 0.25) is 15.9 Å². The molecule has 0 amide bonds. The monoisotopic (exact) mass is 461 g/mol. The van der Waals surface area contributed by atoms with Crippen LogP contribution in [0.5, 0.6) is 5.88 Å². The summed E-state index contributed by atoms with van der Waals surface area (Å²) in [5.74, 6) is 0.0841. The van der Waals surface area contributed by atoms with Gasteiger partial charge in [-0.1, -0.05) is 24.3 Å². The zero-order valence-corrected chi connectivity index (χ0v) is 19.0. The molecule has 8 nitrogen and oxygen atoms in total. The lowest BCUT2D eigenvalue weighted by Crippen LogP contribution is -2.19. The zero-order chi connectivity index (χ0) is 23.3. The van der Waals surface area contributed by atoms with Crippen LogP contribution in [0.4, 0.5) is 5.82 Å². The van der Waals surface area contributed by atoms with Crippen LogP contribution in [0, 0.1) is 0 Å². The maximum absolute atomic E-state index is 11.8. The first-order valence-corrected chi connectivity index (χ1v) is 12.1. The number of pyridine rings is 4. The van der Waals surface area contributed by atoms with E-state index in [-0.39, 0.29) is 17.7 Å². The van der Waals surface area contributed by atoms with Crippen molar-refractivity contribution in [1.82, 2.24) is 19.9 Å². The number of rotatable bonds is 8. The quantitative estimate of drug-likeness (QED) is 0.427. The lowest BCUT2D eigenvalue weighted by molar-refractivity contribution is 0.395. The van der Waals surface area contributed by atoms with Crippen LogP contribution in [0.2, 0.25) is 0 Å². The van der Waals surface area contributed by atoms with Crippen LogP contribution in [-0.2, 0) is 10.0 Å². The summed E-state index contributed by atoms with van der Waals surface area (Å²) in [5, 5.41) is 0. The van der Waals surface area contributed by atoms with E-state index in [2.05, 4.69) is 19.7 Å². The largest absolute Gasteiger partial charge is 0.481 e. The van der Waals surface area contributed by atoms with Crippen LogP contribution in [0.3, 0.4) is 0 Å². The Hall–Kier alpha value is -3.85. The predicted octanol–water partition coefficient (Wildman–Crippen LogP) is 3.61. The third-order valence-corrected chi connectivity index (χ3v) is 5.65. The van der Waals surface area contributed by atoms with Gasteiger partial charge in [0, 0.05) is 36.8 Å². The van der Waals surface area contributed by atoms with Crippen molar-refractivity contribution in [1.29, 1.82) is 0 Å². The number of methoxy groups -OCH3 is 1. The molecule has 9 heteroatoms. The molecule has 0 fully saturated rings. The Morgan fingerprint density at radius 3 is 1.94 bits per heavy atom. The van der Waals surface area contributed by atoms with E-state index >= 15 is 0 Å². The van der Waals surface area contributed by atoms with Crippen molar-refractivity contribution >= 4 is 15.8 Å².